The average Bonchev–Trinajstić information content (AvgIpc) is 4.21. The van der Waals surface area contributed by atoms with Crippen LogP contribution in [0.2, 0.25) is 0 Å². The summed E-state index contributed by atoms with van der Waals surface area (Å²) in [6.45, 7) is 0. The van der Waals surface area contributed by atoms with Gasteiger partial charge in [-0.15, -0.1) is 0 Å². The fourth-order valence-electron chi connectivity index (χ4n) is 10.6. The van der Waals surface area contributed by atoms with Gasteiger partial charge in [0, 0.05) is 21.5 Å². The third kappa shape index (κ3) is 8.08. The van der Waals surface area contributed by atoms with Gasteiger partial charge in [0.15, 0.2) is 0 Å². The Morgan fingerprint density at radius 2 is 0.564 bits per heavy atom. The van der Waals surface area contributed by atoms with Gasteiger partial charge in [-0.25, -0.2) is 0 Å². The molecule has 2 heterocycles. The van der Waals surface area contributed by atoms with E-state index < -0.39 is 11.7 Å². The van der Waals surface area contributed by atoms with E-state index in [1.54, 1.807) is 60.7 Å². The van der Waals surface area contributed by atoms with Crippen molar-refractivity contribution >= 4 is 43.6 Å². The number of nitriles is 6. The molecule has 2 aromatic heterocycles. The van der Waals surface area contributed by atoms with E-state index in [-0.39, 0.29) is 33.6 Å². The molecule has 12 rings (SSSR count). The van der Waals surface area contributed by atoms with Gasteiger partial charge < -0.3 is 9.13 Å². The highest BCUT2D eigenvalue weighted by molar-refractivity contribution is 6.14. The standard InChI is InChI=1S/C67H33F3N8/c68-67(69,70)60-27-44(38-75)9-22-54(60)53-32-65(77-61-23-18-49(45-10-1-40(34-71)2-11-45)28-55(61)56-29-50(19-24-62(56)77)46-12-3-41(35-72)4-13-46)59(39-76)66(33-53)78-63-25-20-51(47-14-5-42(36-73)6-15-47)30-57(63)58-31-52(21-26-64(58)78)48-16-7-43(37-74)8-17-48/h1-33H. The molecule has 0 radical (unpaired) electrons. The maximum atomic E-state index is 15.4. The Labute approximate surface area is 444 Å². The second-order valence-electron chi connectivity index (χ2n) is 18.7. The Hall–Kier alpha value is -11.5. The highest BCUT2D eigenvalue weighted by Gasteiger charge is 2.35. The number of fused-ring (bicyclic) bond motifs is 6. The van der Waals surface area contributed by atoms with E-state index in [2.05, 4.69) is 30.3 Å². The Balaban J connectivity index is 1.19. The van der Waals surface area contributed by atoms with Crippen LogP contribution in [0.15, 0.2) is 200 Å². The van der Waals surface area contributed by atoms with Crippen molar-refractivity contribution in [2.75, 3.05) is 0 Å². The van der Waals surface area contributed by atoms with Crippen LogP contribution in [-0.2, 0) is 6.18 Å². The van der Waals surface area contributed by atoms with Crippen LogP contribution in [0.25, 0.3) is 111 Å². The Bertz CT molecular complexity index is 4260. The molecule has 0 amide bonds. The number of nitrogens with zero attached hydrogens (tertiary/aromatic N) is 8. The van der Waals surface area contributed by atoms with Crippen molar-refractivity contribution in [1.82, 2.24) is 9.13 Å². The summed E-state index contributed by atoms with van der Waals surface area (Å²) in [4.78, 5) is 0. The lowest BCUT2D eigenvalue weighted by atomic mass is 9.94. The third-order valence-electron chi connectivity index (χ3n) is 14.4. The molecule has 78 heavy (non-hydrogen) atoms. The molecule has 0 fully saturated rings. The molecule has 12 aromatic rings. The summed E-state index contributed by atoms with van der Waals surface area (Å²) < 4.78 is 50.1. The minimum Gasteiger partial charge on any atom is -0.308 e. The number of alkyl halides is 3. The molecule has 10 aromatic carbocycles. The third-order valence-corrected chi connectivity index (χ3v) is 14.4. The summed E-state index contributed by atoms with van der Waals surface area (Å²) in [5.74, 6) is 0. The van der Waals surface area contributed by atoms with Gasteiger partial charge in [0.2, 0.25) is 0 Å². The minimum atomic E-state index is -4.89. The zero-order chi connectivity index (χ0) is 53.8. The first-order valence-electron chi connectivity index (χ1n) is 24.4. The number of hydrogen-bond acceptors (Lipinski definition) is 6. The smallest absolute Gasteiger partial charge is 0.308 e. The molecule has 0 bridgehead atoms. The second-order valence-corrected chi connectivity index (χ2v) is 18.7. The summed E-state index contributed by atoms with van der Waals surface area (Å²) in [5.41, 5.74) is 10.8. The molecular weight excluding hydrogens is 974 g/mol. The molecule has 362 valence electrons. The van der Waals surface area contributed by atoms with Crippen LogP contribution in [0.1, 0.15) is 38.9 Å². The maximum Gasteiger partial charge on any atom is 0.417 e. The molecule has 0 aliphatic carbocycles. The highest BCUT2D eigenvalue weighted by atomic mass is 19.4. The van der Waals surface area contributed by atoms with Gasteiger partial charge in [-0.3, -0.25) is 0 Å². The summed E-state index contributed by atoms with van der Waals surface area (Å²) in [7, 11) is 0. The molecule has 0 saturated heterocycles. The fraction of sp³-hybridized carbons (Fsp3) is 0.0149. The van der Waals surface area contributed by atoms with Gasteiger partial charge in [-0.1, -0.05) is 78.9 Å². The summed E-state index contributed by atoms with van der Waals surface area (Å²) >= 11 is 0. The molecular formula is C67H33F3N8. The molecule has 0 saturated carbocycles. The monoisotopic (exact) mass is 1010 g/mol. The van der Waals surface area contributed by atoms with Crippen molar-refractivity contribution in [3.05, 3.63) is 239 Å². The van der Waals surface area contributed by atoms with Crippen molar-refractivity contribution < 1.29 is 13.2 Å². The summed E-state index contributed by atoms with van der Waals surface area (Å²) in [6.07, 6.45) is -4.89. The van der Waals surface area contributed by atoms with Crippen LogP contribution in [0, 0.1) is 68.0 Å². The topological polar surface area (TPSA) is 153 Å². The van der Waals surface area contributed by atoms with Gasteiger partial charge in [0.25, 0.3) is 0 Å². The predicted molar refractivity (Wildman–Crippen MR) is 296 cm³/mol. The number of aromatic nitrogens is 2. The van der Waals surface area contributed by atoms with E-state index in [9.17, 15) is 31.6 Å². The van der Waals surface area contributed by atoms with Gasteiger partial charge in [-0.2, -0.15) is 44.7 Å². The summed E-state index contributed by atoms with van der Waals surface area (Å²) in [5, 5.41) is 63.0. The van der Waals surface area contributed by atoms with Gasteiger partial charge in [-0.05, 0) is 177 Å². The highest BCUT2D eigenvalue weighted by Crippen LogP contribution is 2.45. The van der Waals surface area contributed by atoms with Crippen molar-refractivity contribution in [3.63, 3.8) is 0 Å². The van der Waals surface area contributed by atoms with E-state index in [1.807, 2.05) is 137 Å². The number of rotatable bonds is 7. The minimum absolute atomic E-state index is 0.132. The Kier molecular flexibility index (Phi) is 11.4. The van der Waals surface area contributed by atoms with E-state index in [0.29, 0.717) is 44.3 Å². The van der Waals surface area contributed by atoms with Crippen LogP contribution in [0.5, 0.6) is 0 Å². The van der Waals surface area contributed by atoms with Crippen molar-refractivity contribution in [1.29, 1.82) is 31.6 Å². The zero-order valence-electron chi connectivity index (χ0n) is 40.8. The predicted octanol–water partition coefficient (Wildman–Crippen LogP) is 16.5. The molecule has 0 aliphatic heterocycles. The molecule has 0 aliphatic rings. The first-order chi connectivity index (χ1) is 38.0. The largest absolute Gasteiger partial charge is 0.417 e. The van der Waals surface area contributed by atoms with E-state index >= 15 is 13.2 Å². The first kappa shape index (κ1) is 47.5. The van der Waals surface area contributed by atoms with Crippen molar-refractivity contribution in [3.8, 4) is 103 Å². The van der Waals surface area contributed by atoms with Crippen molar-refractivity contribution in [2.24, 2.45) is 0 Å². The first-order valence-corrected chi connectivity index (χ1v) is 24.4. The SMILES string of the molecule is N#Cc1ccc(-c2ccc3c(c2)c2cc(-c4ccc(C#N)cc4)ccc2n3-c2cc(-c3ccc(C#N)cc3C(F)(F)F)cc(-n3c4ccc(-c5ccc(C#N)cc5)cc4c4cc(-c5ccc(C#N)cc5)ccc43)c2C#N)cc1. The Morgan fingerprint density at radius 3 is 0.833 bits per heavy atom. The maximum absolute atomic E-state index is 15.4. The van der Waals surface area contributed by atoms with Crippen LogP contribution >= 0.6 is 0 Å². The number of hydrogen-bond donors (Lipinski definition) is 0. The second kappa shape index (κ2) is 18.8. The van der Waals surface area contributed by atoms with Crippen LogP contribution in [-0.4, -0.2) is 9.13 Å². The van der Waals surface area contributed by atoms with Crippen LogP contribution in [0.3, 0.4) is 0 Å². The molecule has 0 spiro atoms. The average molecular weight is 1010 g/mol. The fourth-order valence-corrected chi connectivity index (χ4v) is 10.6. The van der Waals surface area contributed by atoms with Gasteiger partial charge in [0.05, 0.1) is 97.2 Å². The zero-order valence-corrected chi connectivity index (χ0v) is 40.8. The number of halogens is 3. The lowest BCUT2D eigenvalue weighted by Gasteiger charge is -2.20. The van der Waals surface area contributed by atoms with E-state index in [4.69, 9.17) is 0 Å². The Morgan fingerprint density at radius 1 is 0.282 bits per heavy atom. The van der Waals surface area contributed by atoms with Gasteiger partial charge in [0.1, 0.15) is 11.6 Å². The lowest BCUT2D eigenvalue weighted by molar-refractivity contribution is -0.137. The lowest BCUT2D eigenvalue weighted by Crippen LogP contribution is -2.09. The molecule has 0 N–H and O–H groups in total. The van der Waals surface area contributed by atoms with Crippen LogP contribution in [0.4, 0.5) is 13.2 Å². The number of benzene rings is 10. The van der Waals surface area contributed by atoms with Crippen LogP contribution < -0.4 is 0 Å². The normalized spacial score (nSPS) is 11.2. The van der Waals surface area contributed by atoms with Crippen molar-refractivity contribution in [2.45, 2.75) is 6.18 Å². The van der Waals surface area contributed by atoms with E-state index in [1.165, 1.54) is 12.1 Å². The van der Waals surface area contributed by atoms with E-state index in [0.717, 1.165) is 72.1 Å². The quantitative estimate of drug-likeness (QED) is 0.155. The molecule has 8 nitrogen and oxygen atoms in total. The molecule has 0 unspecified atom stereocenters. The summed E-state index contributed by atoms with van der Waals surface area (Å²) in [6, 6.07) is 72.2. The van der Waals surface area contributed by atoms with Gasteiger partial charge >= 0.3 is 6.18 Å². The molecule has 11 heteroatoms. The molecule has 0 atom stereocenters.